The number of phenols is 2. The van der Waals surface area contributed by atoms with Gasteiger partial charge in [0.15, 0.2) is 17.3 Å². The van der Waals surface area contributed by atoms with Gasteiger partial charge < -0.3 is 25.6 Å². The third-order valence-corrected chi connectivity index (χ3v) is 7.33. The number of rotatable bonds is 10. The Hall–Kier alpha value is -4.90. The monoisotopic (exact) mass is 602 g/mol. The van der Waals surface area contributed by atoms with Crippen LogP contribution in [0.15, 0.2) is 65.7 Å². The predicted octanol–water partition coefficient (Wildman–Crippen LogP) is 4.26. The molecule has 1 atom stereocenters. The van der Waals surface area contributed by atoms with Crippen LogP contribution < -0.4 is 15.4 Å². The number of aliphatic imine (C=N–C) groups is 1. The Morgan fingerprint density at radius 2 is 1.70 bits per heavy atom. The Morgan fingerprint density at radius 1 is 0.953 bits per heavy atom. The number of aryl methyl sites for hydroxylation is 1. The third kappa shape index (κ3) is 6.62. The van der Waals surface area contributed by atoms with Crippen LogP contribution in [-0.2, 0) is 4.79 Å². The maximum Gasteiger partial charge on any atom is 0.251 e. The van der Waals surface area contributed by atoms with Gasteiger partial charge in [0, 0.05) is 34.8 Å². The lowest BCUT2D eigenvalue weighted by molar-refractivity contribution is -0.121. The minimum absolute atomic E-state index is 0.0570. The topological polar surface area (TPSA) is 151 Å². The van der Waals surface area contributed by atoms with Crippen LogP contribution in [0.3, 0.4) is 0 Å². The fraction of sp³-hybridized carbons (Fsp3) is 0.258. The van der Waals surface area contributed by atoms with Crippen molar-refractivity contribution in [2.45, 2.75) is 32.2 Å². The van der Waals surface area contributed by atoms with Crippen molar-refractivity contribution < 1.29 is 24.5 Å². The minimum atomic E-state index is -0.605. The number of benzene rings is 3. The first-order chi connectivity index (χ1) is 20.7. The second-order valence-electron chi connectivity index (χ2n) is 10.0. The number of nitrogens with zero attached hydrogens (tertiary/aromatic N) is 4. The highest BCUT2D eigenvalue weighted by atomic mass is 35.5. The molecule has 43 heavy (non-hydrogen) atoms. The van der Waals surface area contributed by atoms with Gasteiger partial charge in [-0.25, -0.2) is 0 Å². The van der Waals surface area contributed by atoms with E-state index in [2.05, 4.69) is 20.8 Å². The van der Waals surface area contributed by atoms with Gasteiger partial charge in [-0.3, -0.25) is 19.1 Å². The van der Waals surface area contributed by atoms with Crippen molar-refractivity contribution >= 4 is 29.1 Å². The number of ether oxygens (including phenoxy) is 1. The van der Waals surface area contributed by atoms with Gasteiger partial charge in [-0.05, 0) is 68.3 Å². The van der Waals surface area contributed by atoms with Crippen LogP contribution in [0.1, 0.15) is 58.4 Å². The molecular formula is C31H31ClN6O5. The second-order valence-corrected chi connectivity index (χ2v) is 10.5. The lowest BCUT2D eigenvalue weighted by atomic mass is 10.00. The van der Waals surface area contributed by atoms with Gasteiger partial charge in [-0.1, -0.05) is 23.7 Å². The van der Waals surface area contributed by atoms with Crippen molar-refractivity contribution in [3.63, 3.8) is 0 Å². The molecule has 0 bridgehead atoms. The number of aromatic hydroxyl groups is 2. The summed E-state index contributed by atoms with van der Waals surface area (Å²) in [6.45, 7) is 2.66. The molecule has 11 nitrogen and oxygen atoms in total. The Morgan fingerprint density at radius 3 is 2.42 bits per heavy atom. The number of amides is 2. The fourth-order valence-corrected chi connectivity index (χ4v) is 5.00. The number of halogens is 1. The summed E-state index contributed by atoms with van der Waals surface area (Å²) in [4.78, 5) is 30.4. The zero-order valence-corrected chi connectivity index (χ0v) is 24.4. The highest BCUT2D eigenvalue weighted by Gasteiger charge is 2.30. The molecule has 3 aromatic carbocycles. The van der Waals surface area contributed by atoms with Gasteiger partial charge in [0.05, 0.1) is 24.9 Å². The third-order valence-electron chi connectivity index (χ3n) is 7.08. The average Bonchev–Trinajstić information content (AvgIpc) is 3.33. The van der Waals surface area contributed by atoms with Crippen LogP contribution >= 0.6 is 11.6 Å². The van der Waals surface area contributed by atoms with Gasteiger partial charge in [-0.2, -0.15) is 0 Å². The van der Waals surface area contributed by atoms with E-state index in [-0.39, 0.29) is 35.3 Å². The summed E-state index contributed by atoms with van der Waals surface area (Å²) in [6, 6.07) is 16.4. The molecular weight excluding hydrogens is 572 g/mol. The molecule has 12 heteroatoms. The molecule has 0 saturated heterocycles. The highest BCUT2D eigenvalue weighted by molar-refractivity contribution is 6.30. The molecule has 5 rings (SSSR count). The second kappa shape index (κ2) is 13.0. The van der Waals surface area contributed by atoms with Crippen molar-refractivity contribution in [3.05, 3.63) is 94.0 Å². The number of hydrogen-bond donors (Lipinski definition) is 4. The summed E-state index contributed by atoms with van der Waals surface area (Å²) in [6.07, 6.45) is 1.32. The van der Waals surface area contributed by atoms with Gasteiger partial charge in [0.2, 0.25) is 5.91 Å². The first-order valence-electron chi connectivity index (χ1n) is 13.8. The lowest BCUT2D eigenvalue weighted by Crippen LogP contribution is -2.28. The van der Waals surface area contributed by atoms with Crippen LogP contribution in [0.2, 0.25) is 5.02 Å². The summed E-state index contributed by atoms with van der Waals surface area (Å²) >= 11 is 6.17. The van der Waals surface area contributed by atoms with Crippen LogP contribution in [0, 0.1) is 6.92 Å². The first-order valence-corrected chi connectivity index (χ1v) is 14.1. The largest absolute Gasteiger partial charge is 0.504 e. The molecule has 2 heterocycles. The van der Waals surface area contributed by atoms with E-state index in [0.29, 0.717) is 54.1 Å². The van der Waals surface area contributed by atoms with Crippen molar-refractivity contribution in [3.8, 4) is 22.9 Å². The van der Waals surface area contributed by atoms with E-state index in [4.69, 9.17) is 21.3 Å². The molecule has 0 radical (unpaired) electrons. The minimum Gasteiger partial charge on any atom is -0.504 e. The van der Waals surface area contributed by atoms with E-state index < -0.39 is 6.04 Å². The first kappa shape index (κ1) is 29.6. The number of carbonyl (C=O) groups excluding carboxylic acids is 2. The summed E-state index contributed by atoms with van der Waals surface area (Å²) in [5.41, 5.74) is 3.42. The highest BCUT2D eigenvalue weighted by Crippen LogP contribution is 2.34. The Labute approximate surface area is 253 Å². The van der Waals surface area contributed by atoms with E-state index in [1.807, 2.05) is 41.8 Å². The molecule has 1 aliphatic heterocycles. The zero-order chi connectivity index (χ0) is 30.5. The molecule has 2 amide bonds. The number of carbonyl (C=O) groups is 2. The van der Waals surface area contributed by atoms with E-state index in [9.17, 15) is 19.8 Å². The van der Waals surface area contributed by atoms with Crippen LogP contribution in [0.4, 0.5) is 0 Å². The SMILES string of the molecule is COc1ccc2c(c1)C(c1ccc(Cl)cc1)=N[C@@H](CC(=O)NCCCCNC(=O)c1ccc(O)c(O)c1)c1nnc(C)n1-2. The Kier molecular flexibility index (Phi) is 8.91. The van der Waals surface area contributed by atoms with Crippen molar-refractivity contribution in [2.24, 2.45) is 4.99 Å². The molecule has 0 fully saturated rings. The smallest absolute Gasteiger partial charge is 0.251 e. The molecule has 1 aliphatic rings. The molecule has 0 spiro atoms. The van der Waals surface area contributed by atoms with Crippen molar-refractivity contribution in [1.82, 2.24) is 25.4 Å². The normalized spacial score (nSPS) is 13.7. The molecule has 0 saturated carbocycles. The van der Waals surface area contributed by atoms with Gasteiger partial charge in [-0.15, -0.1) is 10.2 Å². The summed E-state index contributed by atoms with van der Waals surface area (Å²) < 4.78 is 7.44. The maximum absolute atomic E-state index is 13.1. The zero-order valence-electron chi connectivity index (χ0n) is 23.7. The number of nitrogens with one attached hydrogen (secondary N) is 2. The number of aromatic nitrogens is 3. The summed E-state index contributed by atoms with van der Waals surface area (Å²) in [5, 5.41) is 34.0. The van der Waals surface area contributed by atoms with E-state index in [1.54, 1.807) is 19.2 Å². The van der Waals surface area contributed by atoms with E-state index >= 15 is 0 Å². The predicted molar refractivity (Wildman–Crippen MR) is 161 cm³/mol. The Bertz CT molecular complexity index is 1680. The number of hydrogen-bond acceptors (Lipinski definition) is 8. The standard InChI is InChI=1S/C31H31ClN6O5/c1-18-36-37-30-24(17-28(41)33-13-3-4-14-34-31(42)20-7-12-26(39)27(40)15-20)35-29(19-5-8-21(32)9-6-19)23-16-22(43-2)10-11-25(23)38(18)30/h5-12,15-16,24,39-40H,3-4,13-14,17H2,1-2H3,(H,33,41)(H,34,42)/t24-/m0/s1. The van der Waals surface area contributed by atoms with Gasteiger partial charge >= 0.3 is 0 Å². The number of phenolic OH excluding ortho intramolecular Hbond substituents is 2. The van der Waals surface area contributed by atoms with Crippen LogP contribution in [0.5, 0.6) is 17.2 Å². The van der Waals surface area contributed by atoms with Crippen LogP contribution in [0.25, 0.3) is 5.69 Å². The van der Waals surface area contributed by atoms with E-state index in [1.165, 1.54) is 18.2 Å². The van der Waals surface area contributed by atoms with Crippen LogP contribution in [-0.4, -0.2) is 62.7 Å². The number of fused-ring (bicyclic) bond motifs is 3. The fourth-order valence-electron chi connectivity index (χ4n) is 4.87. The van der Waals surface area contributed by atoms with E-state index in [0.717, 1.165) is 16.8 Å². The molecule has 4 N–H and O–H groups in total. The maximum atomic E-state index is 13.1. The number of methoxy groups -OCH3 is 1. The van der Waals surface area contributed by atoms with Gasteiger partial charge in [0.1, 0.15) is 17.6 Å². The molecule has 222 valence electrons. The van der Waals surface area contributed by atoms with Gasteiger partial charge in [0.25, 0.3) is 5.91 Å². The molecule has 1 aromatic heterocycles. The molecule has 4 aromatic rings. The Balaban J connectivity index is 1.26. The summed E-state index contributed by atoms with van der Waals surface area (Å²) in [7, 11) is 1.61. The molecule has 0 unspecified atom stereocenters. The quantitative estimate of drug-likeness (QED) is 0.156. The summed E-state index contributed by atoms with van der Waals surface area (Å²) in [5.74, 6) is 0.703. The number of unbranched alkanes of at least 4 members (excludes halogenated alkanes) is 1. The average molecular weight is 603 g/mol. The van der Waals surface area contributed by atoms with Crippen molar-refractivity contribution in [2.75, 3.05) is 20.2 Å². The van der Waals surface area contributed by atoms with Crippen molar-refractivity contribution in [1.29, 1.82) is 0 Å². The lowest BCUT2D eigenvalue weighted by Gasteiger charge is -2.14. The molecule has 0 aliphatic carbocycles.